The first kappa shape index (κ1) is 23.8. The summed E-state index contributed by atoms with van der Waals surface area (Å²) in [7, 11) is 0. The number of imidazole rings is 1. The van der Waals surface area contributed by atoms with Gasteiger partial charge < -0.3 is 4.98 Å². The van der Waals surface area contributed by atoms with Crippen LogP contribution in [-0.4, -0.2) is 9.97 Å². The van der Waals surface area contributed by atoms with Gasteiger partial charge in [0.25, 0.3) is 0 Å². The molecule has 1 heterocycles. The van der Waals surface area contributed by atoms with Crippen molar-refractivity contribution in [3.05, 3.63) is 17.7 Å². The molecular formula is C13H32N2. The standard InChI is InChI=1S/C5H8N2.4C2H6/c1-4-5(2)7-3-6-4;4*1-2/h3H,1-2H3,(H,6,7);4*1-2H3. The number of hydrogen-bond acceptors (Lipinski definition) is 1. The normalized spacial score (nSPS) is 6.00. The van der Waals surface area contributed by atoms with Crippen LogP contribution >= 0.6 is 0 Å². The first-order chi connectivity index (χ1) is 7.30. The van der Waals surface area contributed by atoms with Crippen LogP contribution in [0.2, 0.25) is 0 Å². The molecule has 0 radical (unpaired) electrons. The molecule has 0 aliphatic carbocycles. The van der Waals surface area contributed by atoms with E-state index in [0.717, 1.165) is 11.4 Å². The maximum absolute atomic E-state index is 3.96. The Balaban J connectivity index is -0.0000000650. The smallest absolute Gasteiger partial charge is 0.0925 e. The summed E-state index contributed by atoms with van der Waals surface area (Å²) < 4.78 is 0. The van der Waals surface area contributed by atoms with Gasteiger partial charge in [-0.15, -0.1) is 0 Å². The maximum atomic E-state index is 3.96. The molecule has 0 fully saturated rings. The van der Waals surface area contributed by atoms with Crippen molar-refractivity contribution in [3.8, 4) is 0 Å². The zero-order chi connectivity index (χ0) is 13.3. The number of rotatable bonds is 0. The maximum Gasteiger partial charge on any atom is 0.0925 e. The predicted octanol–water partition coefficient (Wildman–Crippen LogP) is 5.13. The first-order valence-electron chi connectivity index (χ1n) is 6.27. The highest BCUT2D eigenvalue weighted by molar-refractivity contribution is 5.04. The molecule has 1 aromatic heterocycles. The van der Waals surface area contributed by atoms with E-state index in [1.807, 2.05) is 69.2 Å². The van der Waals surface area contributed by atoms with E-state index in [-0.39, 0.29) is 0 Å². The van der Waals surface area contributed by atoms with Gasteiger partial charge in [-0.05, 0) is 13.8 Å². The molecule has 0 atom stereocenters. The summed E-state index contributed by atoms with van der Waals surface area (Å²) in [5, 5.41) is 0. The van der Waals surface area contributed by atoms with Crippen molar-refractivity contribution < 1.29 is 0 Å². The molecule has 0 amide bonds. The average molecular weight is 216 g/mol. The number of H-pyrrole nitrogens is 1. The van der Waals surface area contributed by atoms with Crippen LogP contribution < -0.4 is 0 Å². The Bertz CT molecular complexity index is 141. The number of nitrogens with one attached hydrogen (secondary N) is 1. The van der Waals surface area contributed by atoms with Crippen molar-refractivity contribution in [1.29, 1.82) is 0 Å². The predicted molar refractivity (Wildman–Crippen MR) is 73.5 cm³/mol. The van der Waals surface area contributed by atoms with Crippen LogP contribution in [-0.2, 0) is 0 Å². The van der Waals surface area contributed by atoms with E-state index >= 15 is 0 Å². The van der Waals surface area contributed by atoms with Gasteiger partial charge in [0.15, 0.2) is 0 Å². The van der Waals surface area contributed by atoms with Gasteiger partial charge in [-0.2, -0.15) is 0 Å². The van der Waals surface area contributed by atoms with Crippen LogP contribution in [0.15, 0.2) is 6.33 Å². The van der Waals surface area contributed by atoms with Crippen molar-refractivity contribution in [3.63, 3.8) is 0 Å². The lowest BCUT2D eigenvalue weighted by Gasteiger charge is -1.79. The van der Waals surface area contributed by atoms with Crippen molar-refractivity contribution in [1.82, 2.24) is 9.97 Å². The number of aromatic nitrogens is 2. The summed E-state index contributed by atoms with van der Waals surface area (Å²) in [5.74, 6) is 0. The Morgan fingerprint density at radius 3 is 1.20 bits per heavy atom. The lowest BCUT2D eigenvalue weighted by Crippen LogP contribution is -1.71. The second-order valence-corrected chi connectivity index (χ2v) is 1.61. The molecule has 0 aliphatic rings. The van der Waals surface area contributed by atoms with E-state index in [9.17, 15) is 0 Å². The van der Waals surface area contributed by atoms with Gasteiger partial charge in [-0.3, -0.25) is 0 Å². The van der Waals surface area contributed by atoms with E-state index in [0.29, 0.717) is 0 Å². The van der Waals surface area contributed by atoms with Gasteiger partial charge in [0.1, 0.15) is 0 Å². The molecule has 0 saturated heterocycles. The Labute approximate surface area is 97.5 Å². The number of nitrogens with zero attached hydrogens (tertiary/aromatic N) is 1. The molecule has 0 unspecified atom stereocenters. The molecule has 15 heavy (non-hydrogen) atoms. The van der Waals surface area contributed by atoms with Crippen LogP contribution in [0, 0.1) is 13.8 Å². The molecular weight excluding hydrogens is 184 g/mol. The fourth-order valence-electron chi connectivity index (χ4n) is 0.427. The summed E-state index contributed by atoms with van der Waals surface area (Å²) >= 11 is 0. The highest BCUT2D eigenvalue weighted by Gasteiger charge is 1.87. The van der Waals surface area contributed by atoms with Crippen LogP contribution in [0.3, 0.4) is 0 Å². The van der Waals surface area contributed by atoms with Crippen molar-refractivity contribution >= 4 is 0 Å². The molecule has 2 heteroatoms. The summed E-state index contributed by atoms with van der Waals surface area (Å²) in [6.07, 6.45) is 1.70. The van der Waals surface area contributed by atoms with Gasteiger partial charge in [-0.25, -0.2) is 4.98 Å². The second-order valence-electron chi connectivity index (χ2n) is 1.61. The Morgan fingerprint density at radius 2 is 1.13 bits per heavy atom. The third-order valence-corrected chi connectivity index (χ3v) is 1.08. The Morgan fingerprint density at radius 1 is 0.800 bits per heavy atom. The number of aromatic amines is 1. The summed E-state index contributed by atoms with van der Waals surface area (Å²) in [5.41, 5.74) is 2.24. The third kappa shape index (κ3) is 19.6. The lowest BCUT2D eigenvalue weighted by molar-refractivity contribution is 1.22. The number of aryl methyl sites for hydroxylation is 2. The minimum atomic E-state index is 1.08. The van der Waals surface area contributed by atoms with E-state index in [1.54, 1.807) is 6.33 Å². The molecule has 0 aromatic carbocycles. The third-order valence-electron chi connectivity index (χ3n) is 1.08. The van der Waals surface area contributed by atoms with Gasteiger partial charge in [0.2, 0.25) is 0 Å². The SMILES string of the molecule is CC.CC.CC.CC.Cc1nc[nH]c1C. The van der Waals surface area contributed by atoms with E-state index < -0.39 is 0 Å². The highest BCUT2D eigenvalue weighted by atomic mass is 14.9. The molecule has 0 aliphatic heterocycles. The zero-order valence-electron chi connectivity index (χ0n) is 12.5. The average Bonchev–Trinajstić information content (AvgIpc) is 2.74. The van der Waals surface area contributed by atoms with Gasteiger partial charge >= 0.3 is 0 Å². The Hall–Kier alpha value is -0.790. The molecule has 1 N–H and O–H groups in total. The number of hydrogen-bond donors (Lipinski definition) is 1. The Kier molecular flexibility index (Phi) is 46.3. The van der Waals surface area contributed by atoms with Gasteiger partial charge in [-0.1, -0.05) is 55.4 Å². The quantitative estimate of drug-likeness (QED) is 0.639. The van der Waals surface area contributed by atoms with E-state index in [2.05, 4.69) is 9.97 Å². The largest absolute Gasteiger partial charge is 0.348 e. The fourth-order valence-corrected chi connectivity index (χ4v) is 0.427. The van der Waals surface area contributed by atoms with Gasteiger partial charge in [0, 0.05) is 5.69 Å². The molecule has 0 saturated carbocycles. The molecule has 0 bridgehead atoms. The van der Waals surface area contributed by atoms with Crippen molar-refractivity contribution in [2.75, 3.05) is 0 Å². The minimum Gasteiger partial charge on any atom is -0.348 e. The molecule has 94 valence electrons. The monoisotopic (exact) mass is 216 g/mol. The molecule has 2 nitrogen and oxygen atoms in total. The van der Waals surface area contributed by atoms with Crippen LogP contribution in [0.4, 0.5) is 0 Å². The fraction of sp³-hybridized carbons (Fsp3) is 0.769. The molecule has 1 rings (SSSR count). The molecule has 0 spiro atoms. The lowest BCUT2D eigenvalue weighted by atomic mass is 10.4. The zero-order valence-corrected chi connectivity index (χ0v) is 12.5. The van der Waals surface area contributed by atoms with Crippen molar-refractivity contribution in [2.45, 2.75) is 69.2 Å². The summed E-state index contributed by atoms with van der Waals surface area (Å²) in [6, 6.07) is 0. The van der Waals surface area contributed by atoms with Crippen LogP contribution in [0.5, 0.6) is 0 Å². The first-order valence-corrected chi connectivity index (χ1v) is 6.27. The van der Waals surface area contributed by atoms with Gasteiger partial charge in [0.05, 0.1) is 12.0 Å². The summed E-state index contributed by atoms with van der Waals surface area (Å²) in [6.45, 7) is 20.0. The topological polar surface area (TPSA) is 28.7 Å². The molecule has 1 aromatic rings. The highest BCUT2D eigenvalue weighted by Crippen LogP contribution is 1.94. The summed E-state index contributed by atoms with van der Waals surface area (Å²) in [4.78, 5) is 6.92. The van der Waals surface area contributed by atoms with E-state index in [4.69, 9.17) is 0 Å². The second kappa shape index (κ2) is 29.2. The van der Waals surface area contributed by atoms with Crippen molar-refractivity contribution in [2.24, 2.45) is 0 Å². The van der Waals surface area contributed by atoms with Crippen LogP contribution in [0.1, 0.15) is 66.8 Å². The minimum absolute atomic E-state index is 1.08. The van der Waals surface area contributed by atoms with E-state index in [1.165, 1.54) is 0 Å². The van der Waals surface area contributed by atoms with Crippen LogP contribution in [0.25, 0.3) is 0 Å².